The number of pyridine rings is 1. The Labute approximate surface area is 148 Å². The van der Waals surface area contributed by atoms with E-state index in [0.717, 1.165) is 12.8 Å². The van der Waals surface area contributed by atoms with E-state index >= 15 is 0 Å². The number of amides is 1. The zero-order valence-electron chi connectivity index (χ0n) is 12.6. The molecule has 3 aromatic rings. The second kappa shape index (κ2) is 6.07. The molecule has 1 fully saturated rings. The van der Waals surface area contributed by atoms with Gasteiger partial charge in [0.25, 0.3) is 5.91 Å². The van der Waals surface area contributed by atoms with Crippen LogP contribution in [0.2, 0.25) is 10.2 Å². The predicted molar refractivity (Wildman–Crippen MR) is 91.2 cm³/mol. The lowest BCUT2D eigenvalue weighted by atomic mass is 10.2. The van der Waals surface area contributed by atoms with E-state index in [9.17, 15) is 4.79 Å². The van der Waals surface area contributed by atoms with Crippen LogP contribution in [0.15, 0.2) is 40.9 Å². The number of rotatable bonds is 4. The highest BCUT2D eigenvalue weighted by Crippen LogP contribution is 2.30. The normalized spacial score (nSPS) is 14.1. The van der Waals surface area contributed by atoms with Gasteiger partial charge in [-0.05, 0) is 43.2 Å². The van der Waals surface area contributed by atoms with Gasteiger partial charge in [-0.15, -0.1) is 0 Å². The highest BCUT2D eigenvalue weighted by atomic mass is 35.5. The summed E-state index contributed by atoms with van der Waals surface area (Å²) >= 11 is 11.8. The summed E-state index contributed by atoms with van der Waals surface area (Å²) in [5.41, 5.74) is 1.85. The molecule has 0 N–H and O–H groups in total. The van der Waals surface area contributed by atoms with Gasteiger partial charge in [-0.2, -0.15) is 0 Å². The van der Waals surface area contributed by atoms with Gasteiger partial charge < -0.3 is 9.32 Å². The summed E-state index contributed by atoms with van der Waals surface area (Å²) in [7, 11) is 0. The van der Waals surface area contributed by atoms with Crippen molar-refractivity contribution in [1.82, 2.24) is 14.9 Å². The second-order valence-corrected chi connectivity index (χ2v) is 6.58. The van der Waals surface area contributed by atoms with E-state index in [1.54, 1.807) is 35.2 Å². The lowest BCUT2D eigenvalue weighted by Crippen LogP contribution is -2.32. The summed E-state index contributed by atoms with van der Waals surface area (Å²) in [6, 6.07) is 8.78. The lowest BCUT2D eigenvalue weighted by Gasteiger charge is -2.20. The minimum Gasteiger partial charge on any atom is -0.439 e. The van der Waals surface area contributed by atoms with Gasteiger partial charge >= 0.3 is 0 Å². The molecule has 0 aliphatic heterocycles. The third kappa shape index (κ3) is 3.09. The minimum atomic E-state index is -0.0954. The Morgan fingerprint density at radius 1 is 1.25 bits per heavy atom. The Bertz CT molecular complexity index is 904. The largest absolute Gasteiger partial charge is 0.439 e. The molecule has 0 atom stereocenters. The molecule has 4 rings (SSSR count). The van der Waals surface area contributed by atoms with Crippen molar-refractivity contribution in [3.05, 3.63) is 58.2 Å². The van der Waals surface area contributed by atoms with Crippen LogP contribution < -0.4 is 0 Å². The Hall–Kier alpha value is -2.11. The summed E-state index contributed by atoms with van der Waals surface area (Å²) < 4.78 is 5.74. The van der Waals surface area contributed by atoms with E-state index < -0.39 is 0 Å². The molecule has 1 aliphatic rings. The van der Waals surface area contributed by atoms with Crippen molar-refractivity contribution in [2.45, 2.75) is 25.4 Å². The van der Waals surface area contributed by atoms with Crippen molar-refractivity contribution in [2.75, 3.05) is 0 Å². The number of halogens is 2. The van der Waals surface area contributed by atoms with Crippen LogP contribution in [0.4, 0.5) is 0 Å². The first-order valence-electron chi connectivity index (χ1n) is 7.57. The van der Waals surface area contributed by atoms with Gasteiger partial charge in [-0.3, -0.25) is 4.79 Å². The molecule has 5 nitrogen and oxygen atoms in total. The summed E-state index contributed by atoms with van der Waals surface area (Å²) in [6.07, 6.45) is 3.46. The number of hydrogen-bond donors (Lipinski definition) is 0. The van der Waals surface area contributed by atoms with Crippen molar-refractivity contribution >= 4 is 40.2 Å². The molecule has 0 bridgehead atoms. The number of aromatic nitrogens is 2. The van der Waals surface area contributed by atoms with E-state index in [-0.39, 0.29) is 11.9 Å². The highest BCUT2D eigenvalue weighted by Gasteiger charge is 2.34. The maximum atomic E-state index is 12.8. The molecular weight excluding hydrogens is 349 g/mol. The van der Waals surface area contributed by atoms with E-state index in [1.165, 1.54) is 6.20 Å². The molecule has 122 valence electrons. The molecule has 24 heavy (non-hydrogen) atoms. The van der Waals surface area contributed by atoms with Crippen LogP contribution in [0.3, 0.4) is 0 Å². The summed E-state index contributed by atoms with van der Waals surface area (Å²) in [5.74, 6) is 0.399. The maximum Gasteiger partial charge on any atom is 0.256 e. The number of oxazole rings is 1. The van der Waals surface area contributed by atoms with Crippen LogP contribution in [0.1, 0.15) is 29.1 Å². The third-order valence-corrected chi connectivity index (χ3v) is 4.38. The summed E-state index contributed by atoms with van der Waals surface area (Å²) in [5, 5.41) is 0.963. The van der Waals surface area contributed by atoms with Crippen LogP contribution in [0.5, 0.6) is 0 Å². The Balaban J connectivity index is 1.60. The molecule has 1 amide bonds. The molecule has 1 aromatic carbocycles. The Kier molecular flexibility index (Phi) is 3.90. The average molecular weight is 362 g/mol. The monoisotopic (exact) mass is 361 g/mol. The zero-order chi connectivity index (χ0) is 16.7. The van der Waals surface area contributed by atoms with Gasteiger partial charge in [0.2, 0.25) is 5.89 Å². The third-order valence-electron chi connectivity index (χ3n) is 3.92. The summed E-state index contributed by atoms with van der Waals surface area (Å²) in [6.45, 7) is 0.318. The number of nitrogens with zero attached hydrogens (tertiary/aromatic N) is 3. The van der Waals surface area contributed by atoms with E-state index in [2.05, 4.69) is 9.97 Å². The Morgan fingerprint density at radius 3 is 2.79 bits per heavy atom. The van der Waals surface area contributed by atoms with Crippen molar-refractivity contribution in [2.24, 2.45) is 0 Å². The molecule has 1 aliphatic carbocycles. The molecule has 2 aromatic heterocycles. The van der Waals surface area contributed by atoms with Crippen molar-refractivity contribution < 1.29 is 9.21 Å². The molecular formula is C17H13Cl2N3O2. The minimum absolute atomic E-state index is 0.0954. The maximum absolute atomic E-state index is 12.8. The van der Waals surface area contributed by atoms with Crippen molar-refractivity contribution in [1.29, 1.82) is 0 Å². The molecule has 0 saturated heterocycles. The first-order valence-corrected chi connectivity index (χ1v) is 8.33. The van der Waals surface area contributed by atoms with Gasteiger partial charge in [0.05, 0.1) is 12.1 Å². The molecule has 7 heteroatoms. The van der Waals surface area contributed by atoms with Gasteiger partial charge in [0.15, 0.2) is 5.58 Å². The van der Waals surface area contributed by atoms with Crippen LogP contribution in [0.25, 0.3) is 11.1 Å². The van der Waals surface area contributed by atoms with Crippen LogP contribution in [0, 0.1) is 0 Å². The second-order valence-electron chi connectivity index (χ2n) is 5.75. The standard InChI is InChI=1S/C17H13Cl2N3O2/c18-11-2-5-14-13(7-11)21-16(24-14)9-22(12-3-4-12)17(23)10-1-6-15(19)20-8-10/h1-2,5-8,12H,3-4,9H2. The quantitative estimate of drug-likeness (QED) is 0.648. The lowest BCUT2D eigenvalue weighted by molar-refractivity contribution is 0.0715. The average Bonchev–Trinajstić information content (AvgIpc) is 3.33. The van der Waals surface area contributed by atoms with Crippen LogP contribution in [-0.2, 0) is 6.54 Å². The first kappa shape index (κ1) is 15.4. The van der Waals surface area contributed by atoms with Crippen LogP contribution in [-0.4, -0.2) is 26.8 Å². The SMILES string of the molecule is O=C(c1ccc(Cl)nc1)N(Cc1nc2cc(Cl)ccc2o1)C1CC1. The predicted octanol–water partition coefficient (Wildman–Crippen LogP) is 4.33. The zero-order valence-corrected chi connectivity index (χ0v) is 14.1. The number of fused-ring (bicyclic) bond motifs is 1. The van der Waals surface area contributed by atoms with Gasteiger partial charge in [0.1, 0.15) is 10.7 Å². The van der Waals surface area contributed by atoms with E-state index in [0.29, 0.717) is 39.3 Å². The van der Waals surface area contributed by atoms with Crippen molar-refractivity contribution in [3.63, 3.8) is 0 Å². The molecule has 0 spiro atoms. The fraction of sp³-hybridized carbons (Fsp3) is 0.235. The Morgan fingerprint density at radius 2 is 2.08 bits per heavy atom. The van der Waals surface area contributed by atoms with Gasteiger partial charge in [-0.1, -0.05) is 23.2 Å². The molecule has 0 radical (unpaired) electrons. The fourth-order valence-corrected chi connectivity index (χ4v) is 2.86. The first-order chi connectivity index (χ1) is 11.6. The smallest absolute Gasteiger partial charge is 0.256 e. The summed E-state index contributed by atoms with van der Waals surface area (Å²) in [4.78, 5) is 22.9. The topological polar surface area (TPSA) is 59.2 Å². The van der Waals surface area contributed by atoms with E-state index in [4.69, 9.17) is 27.6 Å². The highest BCUT2D eigenvalue weighted by molar-refractivity contribution is 6.31. The number of benzene rings is 1. The molecule has 2 heterocycles. The van der Waals surface area contributed by atoms with Crippen molar-refractivity contribution in [3.8, 4) is 0 Å². The number of carbonyl (C=O) groups is 1. The molecule has 0 unspecified atom stereocenters. The fourth-order valence-electron chi connectivity index (χ4n) is 2.58. The van der Waals surface area contributed by atoms with E-state index in [1.807, 2.05) is 0 Å². The number of hydrogen-bond acceptors (Lipinski definition) is 4. The van der Waals surface area contributed by atoms with Gasteiger partial charge in [-0.25, -0.2) is 9.97 Å². The number of carbonyl (C=O) groups excluding carboxylic acids is 1. The molecule has 1 saturated carbocycles. The van der Waals surface area contributed by atoms with Gasteiger partial charge in [0, 0.05) is 17.3 Å². The van der Waals surface area contributed by atoms with Crippen LogP contribution >= 0.6 is 23.2 Å².